The first-order valence-corrected chi connectivity index (χ1v) is 8.67. The Balaban J connectivity index is 1.87. The van der Waals surface area contributed by atoms with Gasteiger partial charge < -0.3 is 10.1 Å². The van der Waals surface area contributed by atoms with E-state index in [0.29, 0.717) is 30.1 Å². The van der Waals surface area contributed by atoms with E-state index in [4.69, 9.17) is 16.3 Å². The van der Waals surface area contributed by atoms with Crippen molar-refractivity contribution < 1.29 is 9.53 Å². The molecule has 23 heavy (non-hydrogen) atoms. The molecule has 5 heteroatoms. The van der Waals surface area contributed by atoms with Crippen molar-refractivity contribution in [1.82, 2.24) is 10.2 Å². The average Bonchev–Trinajstić information content (AvgIpc) is 2.49. The zero-order valence-corrected chi connectivity index (χ0v) is 15.0. The van der Waals surface area contributed by atoms with Gasteiger partial charge in [-0.3, -0.25) is 9.69 Å². The summed E-state index contributed by atoms with van der Waals surface area (Å²) in [5.74, 6) is 1.46. The number of carbonyl (C=O) groups is 1. The maximum absolute atomic E-state index is 12.3. The van der Waals surface area contributed by atoms with Crippen molar-refractivity contribution in [3.8, 4) is 5.75 Å². The molecular weight excluding hydrogens is 312 g/mol. The van der Waals surface area contributed by atoms with Crippen LogP contribution in [0.1, 0.15) is 38.2 Å². The number of ether oxygens (including phenoxy) is 1. The molecule has 2 atom stereocenters. The summed E-state index contributed by atoms with van der Waals surface area (Å²) in [4.78, 5) is 14.3. The monoisotopic (exact) mass is 338 g/mol. The first kappa shape index (κ1) is 18.1. The van der Waals surface area contributed by atoms with Crippen LogP contribution in [0.25, 0.3) is 0 Å². The van der Waals surface area contributed by atoms with E-state index in [9.17, 15) is 4.79 Å². The molecule has 1 saturated carbocycles. The number of carbonyl (C=O) groups excluding carboxylic acids is 1. The fraction of sp³-hybridized carbons (Fsp3) is 0.611. The Morgan fingerprint density at radius 2 is 2.13 bits per heavy atom. The molecular formula is C18H27ClN2O2. The molecule has 0 saturated heterocycles. The minimum Gasteiger partial charge on any atom is -0.496 e. The Labute approximate surface area is 144 Å². The molecule has 0 aliphatic heterocycles. The van der Waals surface area contributed by atoms with Crippen LogP contribution in [0.15, 0.2) is 18.2 Å². The van der Waals surface area contributed by atoms with Crippen molar-refractivity contribution in [2.75, 3.05) is 20.7 Å². The van der Waals surface area contributed by atoms with Crippen LogP contribution in [-0.2, 0) is 11.3 Å². The predicted molar refractivity (Wildman–Crippen MR) is 93.9 cm³/mol. The standard InChI is InChI=1S/C18H27ClN2O2/c1-13-6-4-5-7-16(13)20-18(22)12-21(2)11-14-10-15(19)8-9-17(14)23-3/h8-10,13,16H,4-7,11-12H2,1-3H3,(H,20,22)/t13-,16-/m0/s1. The number of hydrogen-bond acceptors (Lipinski definition) is 3. The third kappa shape index (κ3) is 5.40. The molecule has 1 amide bonds. The number of methoxy groups -OCH3 is 1. The van der Waals surface area contributed by atoms with Crippen LogP contribution in [0, 0.1) is 5.92 Å². The maximum Gasteiger partial charge on any atom is 0.234 e. The lowest BCUT2D eigenvalue weighted by atomic mass is 9.86. The fourth-order valence-electron chi connectivity index (χ4n) is 3.25. The molecule has 128 valence electrons. The number of nitrogens with zero attached hydrogens (tertiary/aromatic N) is 1. The lowest BCUT2D eigenvalue weighted by Crippen LogP contribution is -2.44. The maximum atomic E-state index is 12.3. The van der Waals surface area contributed by atoms with Crippen molar-refractivity contribution in [2.45, 2.75) is 45.2 Å². The third-order valence-electron chi connectivity index (χ3n) is 4.55. The molecule has 2 rings (SSSR count). The quantitative estimate of drug-likeness (QED) is 0.863. The number of rotatable bonds is 6. The second-order valence-electron chi connectivity index (χ2n) is 6.56. The summed E-state index contributed by atoms with van der Waals surface area (Å²) < 4.78 is 5.36. The van der Waals surface area contributed by atoms with Gasteiger partial charge in [0.15, 0.2) is 0 Å². The Morgan fingerprint density at radius 3 is 2.83 bits per heavy atom. The van der Waals surface area contributed by atoms with E-state index < -0.39 is 0 Å². The second kappa shape index (κ2) is 8.55. The molecule has 1 aromatic rings. The van der Waals surface area contributed by atoms with Gasteiger partial charge in [0.1, 0.15) is 5.75 Å². The van der Waals surface area contributed by atoms with E-state index in [0.717, 1.165) is 17.7 Å². The topological polar surface area (TPSA) is 41.6 Å². The highest BCUT2D eigenvalue weighted by Gasteiger charge is 2.23. The minimum absolute atomic E-state index is 0.0900. The van der Waals surface area contributed by atoms with Crippen molar-refractivity contribution in [3.05, 3.63) is 28.8 Å². The first-order chi connectivity index (χ1) is 11.0. The molecule has 0 aromatic heterocycles. The molecule has 4 nitrogen and oxygen atoms in total. The Kier molecular flexibility index (Phi) is 6.72. The predicted octanol–water partition coefficient (Wildman–Crippen LogP) is 3.48. The average molecular weight is 339 g/mol. The van der Waals surface area contributed by atoms with E-state index >= 15 is 0 Å². The van der Waals surface area contributed by atoms with Gasteiger partial charge in [0.2, 0.25) is 5.91 Å². The summed E-state index contributed by atoms with van der Waals surface area (Å²) in [5, 5.41) is 3.86. The van der Waals surface area contributed by atoms with Gasteiger partial charge in [-0.25, -0.2) is 0 Å². The lowest BCUT2D eigenvalue weighted by molar-refractivity contribution is -0.123. The van der Waals surface area contributed by atoms with Crippen LogP contribution >= 0.6 is 11.6 Å². The van der Waals surface area contributed by atoms with Crippen LogP contribution in [0.4, 0.5) is 0 Å². The SMILES string of the molecule is COc1ccc(Cl)cc1CN(C)CC(=O)N[C@H]1CCCC[C@@H]1C. The van der Waals surface area contributed by atoms with Gasteiger partial charge in [0.25, 0.3) is 0 Å². The Bertz CT molecular complexity index is 536. The molecule has 1 fully saturated rings. The van der Waals surface area contributed by atoms with Crippen molar-refractivity contribution >= 4 is 17.5 Å². The highest BCUT2D eigenvalue weighted by atomic mass is 35.5. The summed E-state index contributed by atoms with van der Waals surface area (Å²) in [5.41, 5.74) is 0.987. The minimum atomic E-state index is 0.0900. The molecule has 0 unspecified atom stereocenters. The first-order valence-electron chi connectivity index (χ1n) is 8.30. The van der Waals surface area contributed by atoms with Gasteiger partial charge in [-0.15, -0.1) is 0 Å². The molecule has 1 aromatic carbocycles. The molecule has 0 radical (unpaired) electrons. The number of likely N-dealkylation sites (N-methyl/N-ethyl adjacent to an activating group) is 1. The number of nitrogens with one attached hydrogen (secondary N) is 1. The zero-order valence-electron chi connectivity index (χ0n) is 14.3. The smallest absolute Gasteiger partial charge is 0.234 e. The summed E-state index contributed by atoms with van der Waals surface area (Å²) >= 11 is 6.05. The normalized spacial score (nSPS) is 21.3. The van der Waals surface area contributed by atoms with Crippen LogP contribution < -0.4 is 10.1 Å². The fourth-order valence-corrected chi connectivity index (χ4v) is 3.44. The molecule has 1 aliphatic rings. The van der Waals surface area contributed by atoms with Crippen molar-refractivity contribution in [1.29, 1.82) is 0 Å². The second-order valence-corrected chi connectivity index (χ2v) is 7.00. The third-order valence-corrected chi connectivity index (χ3v) is 4.79. The summed E-state index contributed by atoms with van der Waals surface area (Å²) in [6, 6.07) is 5.87. The Hall–Kier alpha value is -1.26. The summed E-state index contributed by atoms with van der Waals surface area (Å²) in [6.07, 6.45) is 4.80. The molecule has 0 spiro atoms. The zero-order chi connectivity index (χ0) is 16.8. The van der Waals surface area contributed by atoms with Gasteiger partial charge >= 0.3 is 0 Å². The highest BCUT2D eigenvalue weighted by molar-refractivity contribution is 6.30. The van der Waals surface area contributed by atoms with Gasteiger partial charge in [-0.2, -0.15) is 0 Å². The highest BCUT2D eigenvalue weighted by Crippen LogP contribution is 2.25. The van der Waals surface area contributed by atoms with Crippen molar-refractivity contribution in [2.24, 2.45) is 5.92 Å². The van der Waals surface area contributed by atoms with Crippen LogP contribution in [0.5, 0.6) is 5.75 Å². The largest absolute Gasteiger partial charge is 0.496 e. The van der Waals surface area contributed by atoms with E-state index in [-0.39, 0.29) is 5.91 Å². The Morgan fingerprint density at radius 1 is 1.39 bits per heavy atom. The van der Waals surface area contributed by atoms with Gasteiger partial charge in [0.05, 0.1) is 13.7 Å². The molecule has 0 bridgehead atoms. The summed E-state index contributed by atoms with van der Waals surface area (Å²) in [6.45, 7) is 3.22. The number of halogens is 1. The van der Waals surface area contributed by atoms with Crippen LogP contribution in [0.3, 0.4) is 0 Å². The molecule has 1 aliphatic carbocycles. The van der Waals surface area contributed by atoms with Crippen LogP contribution in [-0.4, -0.2) is 37.6 Å². The van der Waals surface area contributed by atoms with Gasteiger partial charge in [-0.1, -0.05) is 31.4 Å². The summed E-state index contributed by atoms with van der Waals surface area (Å²) in [7, 11) is 3.58. The van der Waals surface area contributed by atoms with E-state index in [2.05, 4.69) is 12.2 Å². The van der Waals surface area contributed by atoms with E-state index in [1.807, 2.05) is 24.1 Å². The molecule has 0 heterocycles. The number of hydrogen-bond donors (Lipinski definition) is 1. The number of amides is 1. The van der Waals surface area contributed by atoms with Gasteiger partial charge in [0, 0.05) is 23.2 Å². The molecule has 1 N–H and O–H groups in total. The van der Waals surface area contributed by atoms with Crippen molar-refractivity contribution in [3.63, 3.8) is 0 Å². The van der Waals surface area contributed by atoms with E-state index in [1.165, 1.54) is 19.3 Å². The van der Waals surface area contributed by atoms with E-state index in [1.54, 1.807) is 13.2 Å². The lowest BCUT2D eigenvalue weighted by Gasteiger charge is -2.30. The van der Waals surface area contributed by atoms with Crippen LogP contribution in [0.2, 0.25) is 5.02 Å². The van der Waals surface area contributed by atoms with Gasteiger partial charge in [-0.05, 0) is 44.0 Å². The number of benzene rings is 1.